The molecule has 0 aliphatic carbocycles. The molecule has 2 aromatic rings. The maximum absolute atomic E-state index is 13.1. The average Bonchev–Trinajstić information content (AvgIpc) is 3.17. The average molecular weight is 455 g/mol. The van der Waals surface area contributed by atoms with Crippen LogP contribution in [0.5, 0.6) is 0 Å². The van der Waals surface area contributed by atoms with Gasteiger partial charge >= 0.3 is 0 Å². The normalized spacial score (nSPS) is 11.5. The molecule has 33 heavy (non-hydrogen) atoms. The largest absolute Gasteiger partial charge is 0.333 e. The highest BCUT2D eigenvalue weighted by Crippen LogP contribution is 2.27. The van der Waals surface area contributed by atoms with Crippen molar-refractivity contribution in [1.29, 1.82) is 0 Å². The van der Waals surface area contributed by atoms with Gasteiger partial charge in [-0.1, -0.05) is 78.5 Å². The molecule has 6 heteroatoms. The van der Waals surface area contributed by atoms with Gasteiger partial charge in [-0.2, -0.15) is 5.10 Å². The molecule has 0 aliphatic heterocycles. The number of carbonyl (C=O) groups excluding carboxylic acids is 2. The SMILES string of the molecule is CCCCCC(=O)N(CCCCC)CC(=O)Nc1cc(C(C)(C)C)nn1-c1ccccc1C. The van der Waals surface area contributed by atoms with Crippen molar-refractivity contribution in [3.05, 3.63) is 41.6 Å². The van der Waals surface area contributed by atoms with E-state index in [-0.39, 0.29) is 23.8 Å². The minimum absolute atomic E-state index is 0.0671. The molecule has 0 aliphatic rings. The molecule has 1 heterocycles. The zero-order valence-corrected chi connectivity index (χ0v) is 21.4. The first-order valence-electron chi connectivity index (χ1n) is 12.4. The second kappa shape index (κ2) is 12.6. The lowest BCUT2D eigenvalue weighted by molar-refractivity contribution is -0.134. The number of nitrogens with zero attached hydrogens (tertiary/aromatic N) is 3. The molecule has 0 bridgehead atoms. The van der Waals surface area contributed by atoms with Crippen LogP contribution < -0.4 is 5.32 Å². The second-order valence-electron chi connectivity index (χ2n) is 9.89. The summed E-state index contributed by atoms with van der Waals surface area (Å²) in [6.45, 7) is 13.3. The Labute approximate surface area is 199 Å². The Hall–Kier alpha value is -2.63. The van der Waals surface area contributed by atoms with Crippen LogP contribution in [0.1, 0.15) is 90.8 Å². The van der Waals surface area contributed by atoms with Gasteiger partial charge in [-0.3, -0.25) is 9.59 Å². The van der Waals surface area contributed by atoms with E-state index >= 15 is 0 Å². The van der Waals surface area contributed by atoms with Gasteiger partial charge < -0.3 is 10.2 Å². The summed E-state index contributed by atoms with van der Waals surface area (Å²) in [6.07, 6.45) is 6.52. The molecule has 1 aromatic carbocycles. The van der Waals surface area contributed by atoms with Crippen molar-refractivity contribution in [2.45, 2.75) is 91.9 Å². The van der Waals surface area contributed by atoms with Crippen LogP contribution in [0.25, 0.3) is 5.69 Å². The molecule has 2 rings (SSSR count). The van der Waals surface area contributed by atoms with Crippen LogP contribution in [-0.2, 0) is 15.0 Å². The Morgan fingerprint density at radius 2 is 1.70 bits per heavy atom. The van der Waals surface area contributed by atoms with Crippen LogP contribution in [0, 0.1) is 6.92 Å². The fraction of sp³-hybridized carbons (Fsp3) is 0.593. The summed E-state index contributed by atoms with van der Waals surface area (Å²) in [5.74, 6) is 0.509. The highest BCUT2D eigenvalue weighted by molar-refractivity contribution is 5.94. The highest BCUT2D eigenvalue weighted by Gasteiger charge is 2.23. The lowest BCUT2D eigenvalue weighted by Crippen LogP contribution is -2.38. The quantitative estimate of drug-likeness (QED) is 0.399. The lowest BCUT2D eigenvalue weighted by Gasteiger charge is -2.22. The number of benzene rings is 1. The monoisotopic (exact) mass is 454 g/mol. The van der Waals surface area contributed by atoms with Crippen LogP contribution in [0.2, 0.25) is 0 Å². The predicted octanol–water partition coefficient (Wildman–Crippen LogP) is 6.02. The van der Waals surface area contributed by atoms with Crippen molar-refractivity contribution in [3.63, 3.8) is 0 Å². The Balaban J connectivity index is 2.22. The Morgan fingerprint density at radius 1 is 1.03 bits per heavy atom. The van der Waals surface area contributed by atoms with Crippen molar-refractivity contribution >= 4 is 17.6 Å². The summed E-state index contributed by atoms with van der Waals surface area (Å²) in [7, 11) is 0. The van der Waals surface area contributed by atoms with E-state index < -0.39 is 0 Å². The van der Waals surface area contributed by atoms with Crippen LogP contribution in [-0.4, -0.2) is 39.6 Å². The van der Waals surface area contributed by atoms with Crippen molar-refractivity contribution < 1.29 is 9.59 Å². The molecule has 0 radical (unpaired) electrons. The number of anilines is 1. The van der Waals surface area contributed by atoms with Crippen molar-refractivity contribution in [2.75, 3.05) is 18.4 Å². The molecule has 6 nitrogen and oxygen atoms in total. The van der Waals surface area contributed by atoms with E-state index in [0.29, 0.717) is 18.8 Å². The lowest BCUT2D eigenvalue weighted by atomic mass is 9.92. The number of carbonyl (C=O) groups is 2. The molecule has 0 saturated heterocycles. The fourth-order valence-electron chi connectivity index (χ4n) is 3.71. The van der Waals surface area contributed by atoms with E-state index in [9.17, 15) is 9.59 Å². The standard InChI is InChI=1S/C27H42N4O2/c1-7-9-11-17-26(33)30(18-14-10-8-2)20-25(32)28-24-19-23(27(4,5)6)29-31(24)22-16-13-12-15-21(22)3/h12-13,15-16,19H,7-11,14,17-18,20H2,1-6H3,(H,28,32). The zero-order chi connectivity index (χ0) is 24.4. The highest BCUT2D eigenvalue weighted by atomic mass is 16.2. The molecule has 0 unspecified atom stereocenters. The number of nitrogens with one attached hydrogen (secondary N) is 1. The van der Waals surface area contributed by atoms with Gasteiger partial charge in [0.15, 0.2) is 0 Å². The van der Waals surface area contributed by atoms with E-state index in [0.717, 1.165) is 55.5 Å². The van der Waals surface area contributed by atoms with Crippen LogP contribution in [0.3, 0.4) is 0 Å². The van der Waals surface area contributed by atoms with Crippen molar-refractivity contribution in [1.82, 2.24) is 14.7 Å². The van der Waals surface area contributed by atoms with Gasteiger partial charge in [-0.25, -0.2) is 4.68 Å². The third-order valence-corrected chi connectivity index (χ3v) is 5.80. The summed E-state index contributed by atoms with van der Waals surface area (Å²) < 4.78 is 1.80. The minimum Gasteiger partial charge on any atom is -0.333 e. The summed E-state index contributed by atoms with van der Waals surface area (Å²) in [5, 5.41) is 7.85. The maximum atomic E-state index is 13.1. The number of para-hydroxylation sites is 1. The smallest absolute Gasteiger partial charge is 0.245 e. The maximum Gasteiger partial charge on any atom is 0.245 e. The van der Waals surface area contributed by atoms with Gasteiger partial charge in [0.25, 0.3) is 0 Å². The molecule has 1 N–H and O–H groups in total. The van der Waals surface area contributed by atoms with Gasteiger partial charge in [0.05, 0.1) is 17.9 Å². The molecule has 0 saturated carbocycles. The molecular formula is C27H42N4O2. The van der Waals surface area contributed by atoms with Gasteiger partial charge in [-0.15, -0.1) is 0 Å². The van der Waals surface area contributed by atoms with Crippen molar-refractivity contribution in [3.8, 4) is 5.69 Å². The first kappa shape index (κ1) is 26.6. The van der Waals surface area contributed by atoms with Gasteiger partial charge in [0.1, 0.15) is 5.82 Å². The summed E-state index contributed by atoms with van der Waals surface area (Å²) >= 11 is 0. The van der Waals surface area contributed by atoms with E-state index in [1.54, 1.807) is 9.58 Å². The van der Waals surface area contributed by atoms with Crippen LogP contribution in [0.4, 0.5) is 5.82 Å². The number of rotatable bonds is 12. The van der Waals surface area contributed by atoms with E-state index in [1.165, 1.54) is 0 Å². The van der Waals surface area contributed by atoms with Crippen LogP contribution >= 0.6 is 0 Å². The number of amides is 2. The summed E-state index contributed by atoms with van der Waals surface area (Å²) in [6, 6.07) is 9.93. The van der Waals surface area contributed by atoms with Crippen LogP contribution in [0.15, 0.2) is 30.3 Å². The molecule has 182 valence electrons. The number of aryl methyl sites for hydroxylation is 1. The third-order valence-electron chi connectivity index (χ3n) is 5.80. The molecule has 0 fully saturated rings. The molecule has 0 atom stereocenters. The number of hydrogen-bond donors (Lipinski definition) is 1. The summed E-state index contributed by atoms with van der Waals surface area (Å²) in [4.78, 5) is 27.6. The van der Waals surface area contributed by atoms with Crippen molar-refractivity contribution in [2.24, 2.45) is 0 Å². The first-order chi connectivity index (χ1) is 15.7. The molecule has 2 amide bonds. The Bertz CT molecular complexity index is 911. The Kier molecular flexibility index (Phi) is 10.1. The van der Waals surface area contributed by atoms with E-state index in [1.807, 2.05) is 37.3 Å². The van der Waals surface area contributed by atoms with Gasteiger partial charge in [0, 0.05) is 24.4 Å². The predicted molar refractivity (Wildman–Crippen MR) is 136 cm³/mol. The topological polar surface area (TPSA) is 67.2 Å². The minimum atomic E-state index is -0.189. The van der Waals surface area contributed by atoms with Gasteiger partial charge in [0.2, 0.25) is 11.8 Å². The third kappa shape index (κ3) is 8.02. The molecular weight excluding hydrogens is 412 g/mol. The number of hydrogen-bond acceptors (Lipinski definition) is 3. The zero-order valence-electron chi connectivity index (χ0n) is 21.4. The molecule has 0 spiro atoms. The fourth-order valence-corrected chi connectivity index (χ4v) is 3.71. The Morgan fingerprint density at radius 3 is 2.33 bits per heavy atom. The second-order valence-corrected chi connectivity index (χ2v) is 9.89. The van der Waals surface area contributed by atoms with Gasteiger partial charge in [-0.05, 0) is 31.4 Å². The van der Waals surface area contributed by atoms with E-state index in [2.05, 4.69) is 39.9 Å². The number of unbranched alkanes of at least 4 members (excludes halogenated alkanes) is 4. The molecule has 1 aromatic heterocycles. The summed E-state index contributed by atoms with van der Waals surface area (Å²) in [5.41, 5.74) is 2.74. The number of aromatic nitrogens is 2. The first-order valence-corrected chi connectivity index (χ1v) is 12.4. The van der Waals surface area contributed by atoms with E-state index in [4.69, 9.17) is 5.10 Å².